The van der Waals surface area contributed by atoms with E-state index in [1.807, 2.05) is 60.7 Å². The van der Waals surface area contributed by atoms with E-state index in [4.69, 9.17) is 9.15 Å². The highest BCUT2D eigenvalue weighted by molar-refractivity contribution is 5.91. The number of nitrogens with zero attached hydrogens (tertiary/aromatic N) is 2. The van der Waals surface area contributed by atoms with E-state index < -0.39 is 11.3 Å². The predicted octanol–water partition coefficient (Wildman–Crippen LogP) is 4.80. The average Bonchev–Trinajstić information content (AvgIpc) is 2.96. The fraction of sp³-hybridized carbons (Fsp3) is 0.194. The van der Waals surface area contributed by atoms with E-state index in [1.165, 1.54) is 6.07 Å². The molecule has 2 N–H and O–H groups in total. The molecule has 8 nitrogen and oxygen atoms in total. The number of hydrogen-bond acceptors (Lipinski definition) is 7. The first-order valence-electron chi connectivity index (χ1n) is 12.8. The van der Waals surface area contributed by atoms with E-state index in [0.717, 1.165) is 22.5 Å². The SMILES string of the molecule is O=C(CC(c1ccc2ncccc2c1)c1c(O)cc(O)c2c(=O)cc(-c3ccccc3)oc12)N1CCOCC1. The molecule has 0 bridgehead atoms. The zero-order valence-electron chi connectivity index (χ0n) is 21.0. The molecule has 2 aromatic heterocycles. The third-order valence-electron chi connectivity index (χ3n) is 7.18. The van der Waals surface area contributed by atoms with Crippen LogP contribution >= 0.6 is 0 Å². The van der Waals surface area contributed by atoms with Crippen molar-refractivity contribution < 1.29 is 24.2 Å². The van der Waals surface area contributed by atoms with Crippen molar-refractivity contribution in [3.05, 3.63) is 100 Å². The summed E-state index contributed by atoms with van der Waals surface area (Å²) in [6.07, 6.45) is 1.72. The number of carbonyl (C=O) groups is 1. The maximum atomic E-state index is 13.5. The Balaban J connectivity index is 1.58. The van der Waals surface area contributed by atoms with Gasteiger partial charge in [0.05, 0.1) is 18.7 Å². The minimum Gasteiger partial charge on any atom is -0.507 e. The third kappa shape index (κ3) is 4.70. The molecule has 0 aliphatic carbocycles. The summed E-state index contributed by atoms with van der Waals surface area (Å²) in [5.41, 5.74) is 2.06. The van der Waals surface area contributed by atoms with Gasteiger partial charge < -0.3 is 24.3 Å². The van der Waals surface area contributed by atoms with Gasteiger partial charge >= 0.3 is 0 Å². The lowest BCUT2D eigenvalue weighted by molar-refractivity contribution is -0.135. The van der Waals surface area contributed by atoms with E-state index in [1.54, 1.807) is 11.1 Å². The second-order valence-electron chi connectivity index (χ2n) is 9.58. The molecule has 0 spiro atoms. The Kier molecular flexibility index (Phi) is 6.46. The van der Waals surface area contributed by atoms with Gasteiger partial charge in [-0.25, -0.2) is 0 Å². The third-order valence-corrected chi connectivity index (χ3v) is 7.18. The molecule has 1 fully saturated rings. The summed E-state index contributed by atoms with van der Waals surface area (Å²) in [5, 5.41) is 22.7. The molecule has 0 saturated carbocycles. The lowest BCUT2D eigenvalue weighted by atomic mass is 9.85. The number of aromatic nitrogens is 1. The highest BCUT2D eigenvalue weighted by Crippen LogP contribution is 2.43. The monoisotopic (exact) mass is 522 g/mol. The van der Waals surface area contributed by atoms with Crippen LogP contribution in [0.15, 0.2) is 88.2 Å². The summed E-state index contributed by atoms with van der Waals surface area (Å²) >= 11 is 0. The molecule has 8 heteroatoms. The molecule has 3 heterocycles. The molecule has 6 rings (SSSR count). The number of benzene rings is 3. The summed E-state index contributed by atoms with van der Waals surface area (Å²) in [6, 6.07) is 21.0. The van der Waals surface area contributed by atoms with Crippen molar-refractivity contribution in [2.75, 3.05) is 26.3 Å². The lowest BCUT2D eigenvalue weighted by Gasteiger charge is -2.29. The number of fused-ring (bicyclic) bond motifs is 2. The van der Waals surface area contributed by atoms with Crippen molar-refractivity contribution in [3.63, 3.8) is 0 Å². The van der Waals surface area contributed by atoms with Crippen LogP contribution in [0.1, 0.15) is 23.5 Å². The zero-order chi connectivity index (χ0) is 26.9. The second kappa shape index (κ2) is 10.2. The minimum absolute atomic E-state index is 0.0124. The number of rotatable bonds is 5. The predicted molar refractivity (Wildman–Crippen MR) is 147 cm³/mol. The topological polar surface area (TPSA) is 113 Å². The number of morpholine rings is 1. The van der Waals surface area contributed by atoms with Crippen LogP contribution < -0.4 is 5.43 Å². The van der Waals surface area contributed by atoms with Gasteiger partial charge in [-0.15, -0.1) is 0 Å². The fourth-order valence-corrected chi connectivity index (χ4v) is 5.22. The van der Waals surface area contributed by atoms with Gasteiger partial charge in [-0.3, -0.25) is 14.6 Å². The van der Waals surface area contributed by atoms with Crippen molar-refractivity contribution in [1.82, 2.24) is 9.88 Å². The molecule has 0 radical (unpaired) electrons. The molecule has 196 valence electrons. The molecule has 1 aliphatic heterocycles. The highest BCUT2D eigenvalue weighted by Gasteiger charge is 2.30. The van der Waals surface area contributed by atoms with Gasteiger partial charge in [0.15, 0.2) is 5.43 Å². The standard InChI is InChI=1S/C31H26N2O6/c34-24-17-25(35)30-26(36)18-27(19-5-2-1-3-6-19)39-31(30)29(24)22(16-28(37)33-11-13-38-14-12-33)20-8-9-23-21(15-20)7-4-10-32-23/h1-10,15,17-18,22,34-35H,11-14,16H2. The summed E-state index contributed by atoms with van der Waals surface area (Å²) in [6.45, 7) is 1.87. The van der Waals surface area contributed by atoms with Gasteiger partial charge in [0.1, 0.15) is 28.2 Å². The van der Waals surface area contributed by atoms with Gasteiger partial charge in [0.25, 0.3) is 0 Å². The van der Waals surface area contributed by atoms with Crippen molar-refractivity contribution >= 4 is 27.8 Å². The number of hydrogen-bond donors (Lipinski definition) is 2. The van der Waals surface area contributed by atoms with Gasteiger partial charge in [-0.05, 0) is 23.8 Å². The summed E-state index contributed by atoms with van der Waals surface area (Å²) in [4.78, 5) is 32.9. The molecule has 5 aromatic rings. The van der Waals surface area contributed by atoms with E-state index >= 15 is 0 Å². The van der Waals surface area contributed by atoms with Crippen LogP contribution in [-0.4, -0.2) is 52.3 Å². The van der Waals surface area contributed by atoms with Crippen LogP contribution in [-0.2, 0) is 9.53 Å². The van der Waals surface area contributed by atoms with Crippen molar-refractivity contribution in [2.45, 2.75) is 12.3 Å². The zero-order valence-corrected chi connectivity index (χ0v) is 21.0. The van der Waals surface area contributed by atoms with Crippen molar-refractivity contribution in [3.8, 4) is 22.8 Å². The molecule has 1 aliphatic rings. The second-order valence-corrected chi connectivity index (χ2v) is 9.58. The van der Waals surface area contributed by atoms with Crippen LogP contribution in [0, 0.1) is 0 Å². The summed E-state index contributed by atoms with van der Waals surface area (Å²) in [7, 11) is 0. The smallest absolute Gasteiger partial charge is 0.223 e. The summed E-state index contributed by atoms with van der Waals surface area (Å²) in [5.74, 6) is -1.15. The van der Waals surface area contributed by atoms with Gasteiger partial charge in [0, 0.05) is 60.3 Å². The maximum absolute atomic E-state index is 13.5. The van der Waals surface area contributed by atoms with Crippen LogP contribution in [0.25, 0.3) is 33.2 Å². The number of ether oxygens (including phenoxy) is 1. The Hall–Kier alpha value is -4.69. The normalized spacial score (nSPS) is 14.5. The molecule has 3 aromatic carbocycles. The van der Waals surface area contributed by atoms with Gasteiger partial charge in [-0.1, -0.05) is 42.5 Å². The molecule has 1 saturated heterocycles. The molecule has 1 atom stereocenters. The van der Waals surface area contributed by atoms with Crippen LogP contribution in [0.3, 0.4) is 0 Å². The summed E-state index contributed by atoms with van der Waals surface area (Å²) < 4.78 is 11.7. The molecular weight excluding hydrogens is 496 g/mol. The number of aromatic hydroxyl groups is 2. The fourth-order valence-electron chi connectivity index (χ4n) is 5.22. The first-order valence-corrected chi connectivity index (χ1v) is 12.8. The largest absolute Gasteiger partial charge is 0.507 e. The Labute approximate surface area is 223 Å². The van der Waals surface area contributed by atoms with Crippen molar-refractivity contribution in [1.29, 1.82) is 0 Å². The highest BCUT2D eigenvalue weighted by atomic mass is 16.5. The number of carbonyl (C=O) groups excluding carboxylic acids is 1. The Bertz CT molecular complexity index is 1740. The molecule has 1 amide bonds. The Morgan fingerprint density at radius 2 is 1.74 bits per heavy atom. The van der Waals surface area contributed by atoms with E-state index in [9.17, 15) is 19.8 Å². The van der Waals surface area contributed by atoms with Gasteiger partial charge in [0.2, 0.25) is 5.91 Å². The minimum atomic E-state index is -0.678. The van der Waals surface area contributed by atoms with Crippen LogP contribution in [0.2, 0.25) is 0 Å². The van der Waals surface area contributed by atoms with E-state index in [2.05, 4.69) is 4.98 Å². The van der Waals surface area contributed by atoms with Crippen molar-refractivity contribution in [2.24, 2.45) is 0 Å². The Morgan fingerprint density at radius 3 is 2.54 bits per heavy atom. The first-order chi connectivity index (χ1) is 19.0. The first kappa shape index (κ1) is 24.6. The average molecular weight is 523 g/mol. The number of amides is 1. The number of phenolic OH excluding ortho intramolecular Hbond substituents is 2. The quantitative estimate of drug-likeness (QED) is 0.341. The Morgan fingerprint density at radius 1 is 0.949 bits per heavy atom. The van der Waals surface area contributed by atoms with E-state index in [0.29, 0.717) is 37.6 Å². The molecular formula is C31H26N2O6. The lowest BCUT2D eigenvalue weighted by Crippen LogP contribution is -2.41. The maximum Gasteiger partial charge on any atom is 0.223 e. The molecule has 39 heavy (non-hydrogen) atoms. The van der Waals surface area contributed by atoms with Crippen LogP contribution in [0.4, 0.5) is 0 Å². The molecule has 1 unspecified atom stereocenters. The van der Waals surface area contributed by atoms with Crippen LogP contribution in [0.5, 0.6) is 11.5 Å². The van der Waals surface area contributed by atoms with Gasteiger partial charge in [-0.2, -0.15) is 0 Å². The number of pyridine rings is 1. The van der Waals surface area contributed by atoms with E-state index in [-0.39, 0.29) is 40.4 Å². The number of phenols is 2.